The molecular weight excluding hydrogens is 260 g/mol. The molecule has 0 spiro atoms. The van der Waals surface area contributed by atoms with Gasteiger partial charge in [-0.1, -0.05) is 11.6 Å². The summed E-state index contributed by atoms with van der Waals surface area (Å²) in [5.74, 6) is 0.0561. The number of nitrogens with zero attached hydrogens (tertiary/aromatic N) is 1. The lowest BCUT2D eigenvalue weighted by Crippen LogP contribution is -2.25. The number of thiophene rings is 1. The van der Waals surface area contributed by atoms with Gasteiger partial charge in [0.05, 0.1) is 10.5 Å². The SMILES string of the molecule is Nc1[nH]ncc1C(=O)NCCc1ccc(Cl)s1. The quantitative estimate of drug-likeness (QED) is 0.790. The van der Waals surface area contributed by atoms with Crippen molar-refractivity contribution in [1.82, 2.24) is 15.5 Å². The number of anilines is 1. The minimum atomic E-state index is -0.223. The number of aromatic amines is 1. The average molecular weight is 271 g/mol. The molecule has 4 N–H and O–H groups in total. The zero-order valence-corrected chi connectivity index (χ0v) is 10.4. The first kappa shape index (κ1) is 11.9. The number of nitrogens with two attached hydrogens (primary N) is 1. The maximum absolute atomic E-state index is 11.6. The minimum absolute atomic E-state index is 0.223. The molecule has 2 aromatic heterocycles. The van der Waals surface area contributed by atoms with E-state index < -0.39 is 0 Å². The summed E-state index contributed by atoms with van der Waals surface area (Å²) in [4.78, 5) is 12.8. The summed E-state index contributed by atoms with van der Waals surface area (Å²) in [5, 5.41) is 8.97. The number of hydrogen-bond acceptors (Lipinski definition) is 4. The van der Waals surface area contributed by atoms with Crippen LogP contribution in [0, 0.1) is 0 Å². The smallest absolute Gasteiger partial charge is 0.256 e. The van der Waals surface area contributed by atoms with E-state index in [4.69, 9.17) is 17.3 Å². The summed E-state index contributed by atoms with van der Waals surface area (Å²) in [6, 6.07) is 3.79. The number of hydrogen-bond donors (Lipinski definition) is 3. The third-order valence-corrected chi connectivity index (χ3v) is 3.49. The molecule has 0 radical (unpaired) electrons. The van der Waals surface area contributed by atoms with E-state index in [1.807, 2.05) is 12.1 Å². The van der Waals surface area contributed by atoms with Gasteiger partial charge in [0.15, 0.2) is 0 Å². The monoisotopic (exact) mass is 270 g/mol. The van der Waals surface area contributed by atoms with Gasteiger partial charge in [0.25, 0.3) is 5.91 Å². The summed E-state index contributed by atoms with van der Waals surface area (Å²) in [6.45, 7) is 0.542. The number of carbonyl (C=O) groups is 1. The van der Waals surface area contributed by atoms with Gasteiger partial charge in [0, 0.05) is 11.4 Å². The molecule has 0 saturated carbocycles. The second-order valence-electron chi connectivity index (χ2n) is 3.41. The van der Waals surface area contributed by atoms with Crippen molar-refractivity contribution in [2.45, 2.75) is 6.42 Å². The van der Waals surface area contributed by atoms with Gasteiger partial charge in [-0.15, -0.1) is 11.3 Å². The molecule has 0 aliphatic carbocycles. The summed E-state index contributed by atoms with van der Waals surface area (Å²) in [6.07, 6.45) is 2.16. The molecule has 0 aliphatic rings. The van der Waals surface area contributed by atoms with Crippen LogP contribution in [0.4, 0.5) is 5.82 Å². The van der Waals surface area contributed by atoms with E-state index >= 15 is 0 Å². The summed E-state index contributed by atoms with van der Waals surface area (Å²) in [7, 11) is 0. The Morgan fingerprint density at radius 2 is 2.41 bits per heavy atom. The molecule has 0 fully saturated rings. The zero-order chi connectivity index (χ0) is 12.3. The van der Waals surface area contributed by atoms with Gasteiger partial charge in [0.2, 0.25) is 0 Å². The fourth-order valence-corrected chi connectivity index (χ4v) is 2.44. The molecule has 0 bridgehead atoms. The molecular formula is C10H11ClN4OS. The summed E-state index contributed by atoms with van der Waals surface area (Å²) >= 11 is 7.32. The average Bonchev–Trinajstić information content (AvgIpc) is 2.87. The van der Waals surface area contributed by atoms with Gasteiger partial charge in [0.1, 0.15) is 11.4 Å². The lowest BCUT2D eigenvalue weighted by molar-refractivity contribution is 0.0955. The molecule has 2 heterocycles. The van der Waals surface area contributed by atoms with Gasteiger partial charge in [-0.05, 0) is 18.6 Å². The zero-order valence-electron chi connectivity index (χ0n) is 8.87. The Bertz CT molecular complexity index is 522. The number of halogens is 1. The number of H-pyrrole nitrogens is 1. The molecule has 2 aromatic rings. The second kappa shape index (κ2) is 5.20. The molecule has 0 aromatic carbocycles. The van der Waals surface area contributed by atoms with Crippen molar-refractivity contribution >= 4 is 34.7 Å². The van der Waals surface area contributed by atoms with Crippen molar-refractivity contribution in [3.63, 3.8) is 0 Å². The van der Waals surface area contributed by atoms with Crippen molar-refractivity contribution in [3.05, 3.63) is 33.1 Å². The van der Waals surface area contributed by atoms with E-state index in [2.05, 4.69) is 15.5 Å². The van der Waals surface area contributed by atoms with E-state index in [0.29, 0.717) is 12.1 Å². The Hall–Kier alpha value is -1.53. The Morgan fingerprint density at radius 3 is 3.00 bits per heavy atom. The van der Waals surface area contributed by atoms with Crippen molar-refractivity contribution in [2.24, 2.45) is 0 Å². The fourth-order valence-electron chi connectivity index (χ4n) is 1.36. The van der Waals surface area contributed by atoms with Crippen molar-refractivity contribution < 1.29 is 4.79 Å². The Labute approximate surface area is 107 Å². The van der Waals surface area contributed by atoms with Crippen LogP contribution in [0.3, 0.4) is 0 Å². The molecule has 7 heteroatoms. The number of nitrogens with one attached hydrogen (secondary N) is 2. The van der Waals surface area contributed by atoms with Crippen LogP contribution in [0.2, 0.25) is 4.34 Å². The van der Waals surface area contributed by atoms with Crippen molar-refractivity contribution in [1.29, 1.82) is 0 Å². The third-order valence-electron chi connectivity index (χ3n) is 2.20. The highest BCUT2D eigenvalue weighted by atomic mass is 35.5. The van der Waals surface area contributed by atoms with Crippen LogP contribution < -0.4 is 11.1 Å². The van der Waals surface area contributed by atoms with Gasteiger partial charge < -0.3 is 11.1 Å². The van der Waals surface area contributed by atoms with Gasteiger partial charge in [-0.3, -0.25) is 9.89 Å². The Kier molecular flexibility index (Phi) is 3.65. The molecule has 0 saturated heterocycles. The van der Waals surface area contributed by atoms with Gasteiger partial charge in [-0.2, -0.15) is 5.10 Å². The Balaban J connectivity index is 1.83. The van der Waals surface area contributed by atoms with Crippen LogP contribution in [0.25, 0.3) is 0 Å². The van der Waals surface area contributed by atoms with Crippen LogP contribution in [0.15, 0.2) is 18.3 Å². The first-order valence-corrected chi connectivity index (χ1v) is 6.17. The minimum Gasteiger partial charge on any atom is -0.383 e. The molecule has 17 heavy (non-hydrogen) atoms. The standard InChI is InChI=1S/C10H11ClN4OS/c11-8-2-1-6(17-8)3-4-13-10(16)7-5-14-15-9(7)12/h1-2,5H,3-4H2,(H,13,16)(H3,12,14,15). The normalized spacial score (nSPS) is 10.4. The predicted molar refractivity (Wildman–Crippen MR) is 68.4 cm³/mol. The molecule has 0 aliphatic heterocycles. The molecule has 0 unspecified atom stereocenters. The highest BCUT2D eigenvalue weighted by Crippen LogP contribution is 2.21. The molecule has 2 rings (SSSR count). The van der Waals surface area contributed by atoms with E-state index in [1.165, 1.54) is 17.5 Å². The van der Waals surface area contributed by atoms with Crippen molar-refractivity contribution in [2.75, 3.05) is 12.3 Å². The third kappa shape index (κ3) is 2.98. The van der Waals surface area contributed by atoms with Crippen LogP contribution >= 0.6 is 22.9 Å². The van der Waals surface area contributed by atoms with Crippen LogP contribution in [0.5, 0.6) is 0 Å². The Morgan fingerprint density at radius 1 is 1.59 bits per heavy atom. The van der Waals surface area contributed by atoms with Gasteiger partial charge in [-0.25, -0.2) is 0 Å². The number of rotatable bonds is 4. The lowest BCUT2D eigenvalue weighted by Gasteiger charge is -2.02. The fraction of sp³-hybridized carbons (Fsp3) is 0.200. The lowest BCUT2D eigenvalue weighted by atomic mass is 10.3. The predicted octanol–water partition coefficient (Wildman–Crippen LogP) is 1.68. The summed E-state index contributed by atoms with van der Waals surface area (Å²) < 4.78 is 0.755. The maximum atomic E-state index is 11.6. The van der Waals surface area contributed by atoms with Crippen LogP contribution in [-0.4, -0.2) is 22.6 Å². The maximum Gasteiger partial charge on any atom is 0.256 e. The molecule has 0 atom stereocenters. The largest absolute Gasteiger partial charge is 0.383 e. The topological polar surface area (TPSA) is 83.8 Å². The van der Waals surface area contributed by atoms with E-state index in [-0.39, 0.29) is 11.7 Å². The van der Waals surface area contributed by atoms with E-state index in [1.54, 1.807) is 0 Å². The highest BCUT2D eigenvalue weighted by molar-refractivity contribution is 7.16. The van der Waals surface area contributed by atoms with Crippen LogP contribution in [-0.2, 0) is 6.42 Å². The number of nitrogen functional groups attached to an aromatic ring is 1. The van der Waals surface area contributed by atoms with E-state index in [9.17, 15) is 4.79 Å². The number of aromatic nitrogens is 2. The number of amides is 1. The van der Waals surface area contributed by atoms with Crippen LogP contribution in [0.1, 0.15) is 15.2 Å². The first-order valence-electron chi connectivity index (χ1n) is 4.98. The number of carbonyl (C=O) groups excluding carboxylic acids is 1. The molecule has 5 nitrogen and oxygen atoms in total. The van der Waals surface area contributed by atoms with Gasteiger partial charge >= 0.3 is 0 Å². The molecule has 1 amide bonds. The second-order valence-corrected chi connectivity index (χ2v) is 5.21. The molecule has 90 valence electrons. The first-order chi connectivity index (χ1) is 8.16. The van der Waals surface area contributed by atoms with E-state index in [0.717, 1.165) is 15.6 Å². The highest BCUT2D eigenvalue weighted by Gasteiger charge is 2.10. The summed E-state index contributed by atoms with van der Waals surface area (Å²) in [5.41, 5.74) is 5.90. The van der Waals surface area contributed by atoms with Crippen molar-refractivity contribution in [3.8, 4) is 0 Å².